The van der Waals surface area contributed by atoms with Gasteiger partial charge in [-0.1, -0.05) is 66.7 Å². The fourth-order valence-electron chi connectivity index (χ4n) is 6.42. The second kappa shape index (κ2) is 8.05. The maximum atomic E-state index is 6.59. The Hall–Kier alpha value is -4.89. The first-order valence-corrected chi connectivity index (χ1v) is 13.4. The van der Waals surface area contributed by atoms with Crippen molar-refractivity contribution in [1.29, 1.82) is 0 Å². The molecule has 0 radical (unpaired) electrons. The van der Waals surface area contributed by atoms with Crippen LogP contribution in [-0.2, 0) is 7.05 Å². The number of benzene rings is 5. The van der Waals surface area contributed by atoms with E-state index in [0.717, 1.165) is 33.2 Å². The molecule has 3 heterocycles. The average molecular weight is 504 g/mol. The number of pyridine rings is 1. The lowest BCUT2D eigenvalue weighted by Crippen LogP contribution is -2.33. The fourth-order valence-corrected chi connectivity index (χ4v) is 6.42. The van der Waals surface area contributed by atoms with Gasteiger partial charge in [0.25, 0.3) is 0 Å². The summed E-state index contributed by atoms with van der Waals surface area (Å²) >= 11 is 0. The lowest BCUT2D eigenvalue weighted by Gasteiger charge is -2.15. The van der Waals surface area contributed by atoms with Gasteiger partial charge in [0.1, 0.15) is 18.2 Å². The quantitative estimate of drug-likeness (QED) is 0.216. The zero-order valence-corrected chi connectivity index (χ0v) is 22.2. The van der Waals surface area contributed by atoms with Crippen molar-refractivity contribution in [2.24, 2.45) is 7.05 Å². The fraction of sp³-hybridized carbons (Fsp3) is 0.0833. The first-order chi connectivity index (χ1) is 19.1. The Balaban J connectivity index is 1.56. The molecule has 3 heteroatoms. The van der Waals surface area contributed by atoms with E-state index in [-0.39, 0.29) is 0 Å². The SMILES string of the molecule is Cc1cc2c(oc3ccccc32)c(-c2cc(-n3c4ccccc4c4ccccc43)c3ccccc3[n+]2C)c1C. The Morgan fingerprint density at radius 1 is 0.615 bits per heavy atom. The lowest BCUT2D eigenvalue weighted by molar-refractivity contribution is -0.633. The monoisotopic (exact) mass is 503 g/mol. The average Bonchev–Trinajstić information content (AvgIpc) is 3.50. The summed E-state index contributed by atoms with van der Waals surface area (Å²) in [5.74, 6) is 0. The van der Waals surface area contributed by atoms with E-state index in [1.807, 2.05) is 6.07 Å². The van der Waals surface area contributed by atoms with Crippen LogP contribution in [0.3, 0.4) is 0 Å². The van der Waals surface area contributed by atoms with E-state index in [4.69, 9.17) is 4.42 Å². The molecule has 0 atom stereocenters. The summed E-state index contributed by atoms with van der Waals surface area (Å²) in [4.78, 5) is 0. The first-order valence-electron chi connectivity index (χ1n) is 13.4. The summed E-state index contributed by atoms with van der Waals surface area (Å²) in [6.45, 7) is 4.42. The summed E-state index contributed by atoms with van der Waals surface area (Å²) in [7, 11) is 2.17. The van der Waals surface area contributed by atoms with Crippen LogP contribution in [0.5, 0.6) is 0 Å². The van der Waals surface area contributed by atoms with Crippen LogP contribution < -0.4 is 4.57 Å². The minimum Gasteiger partial charge on any atom is -0.455 e. The number of hydrogen-bond donors (Lipinski definition) is 0. The van der Waals surface area contributed by atoms with Crippen LogP contribution in [0.15, 0.2) is 114 Å². The second-order valence-electron chi connectivity index (χ2n) is 10.5. The molecule has 186 valence electrons. The maximum absolute atomic E-state index is 6.59. The van der Waals surface area contributed by atoms with Gasteiger partial charge in [-0.15, -0.1) is 0 Å². The van der Waals surface area contributed by atoms with Crippen molar-refractivity contribution in [2.75, 3.05) is 0 Å². The van der Waals surface area contributed by atoms with Gasteiger partial charge in [-0.05, 0) is 55.3 Å². The van der Waals surface area contributed by atoms with Gasteiger partial charge in [0.05, 0.1) is 27.7 Å². The number of hydrogen-bond acceptors (Lipinski definition) is 1. The molecule has 0 saturated heterocycles. The Kier molecular flexibility index (Phi) is 4.57. The molecule has 0 fully saturated rings. The summed E-state index contributed by atoms with van der Waals surface area (Å²) in [5.41, 5.74) is 11.4. The van der Waals surface area contributed by atoms with E-state index in [2.05, 4.69) is 133 Å². The third-order valence-corrected chi connectivity index (χ3v) is 8.44. The molecule has 39 heavy (non-hydrogen) atoms. The van der Waals surface area contributed by atoms with Crippen molar-refractivity contribution in [1.82, 2.24) is 4.57 Å². The predicted molar refractivity (Wildman–Crippen MR) is 162 cm³/mol. The van der Waals surface area contributed by atoms with E-state index in [9.17, 15) is 0 Å². The highest BCUT2D eigenvalue weighted by Crippen LogP contribution is 2.41. The molecule has 3 nitrogen and oxygen atoms in total. The van der Waals surface area contributed by atoms with Gasteiger partial charge in [0, 0.05) is 33.7 Å². The number of fused-ring (bicyclic) bond motifs is 7. The van der Waals surface area contributed by atoms with Gasteiger partial charge in [0.15, 0.2) is 0 Å². The first kappa shape index (κ1) is 22.1. The molecule has 0 spiro atoms. The summed E-state index contributed by atoms with van der Waals surface area (Å²) in [6.07, 6.45) is 0. The van der Waals surface area contributed by atoms with Crippen LogP contribution in [0.1, 0.15) is 11.1 Å². The van der Waals surface area contributed by atoms with Crippen LogP contribution in [0, 0.1) is 13.8 Å². The van der Waals surface area contributed by atoms with Crippen LogP contribution in [0.2, 0.25) is 0 Å². The molecule has 0 bridgehead atoms. The Labute approximate surface area is 226 Å². The zero-order chi connectivity index (χ0) is 26.2. The Morgan fingerprint density at radius 3 is 1.92 bits per heavy atom. The molecule has 0 aliphatic rings. The van der Waals surface area contributed by atoms with Crippen molar-refractivity contribution < 1.29 is 8.98 Å². The summed E-state index contributed by atoms with van der Waals surface area (Å²) in [6, 6.07) is 39.1. The van der Waals surface area contributed by atoms with E-state index >= 15 is 0 Å². The summed E-state index contributed by atoms with van der Waals surface area (Å²) < 4.78 is 11.3. The van der Waals surface area contributed by atoms with Crippen molar-refractivity contribution in [3.8, 4) is 16.9 Å². The highest BCUT2D eigenvalue weighted by Gasteiger charge is 2.26. The standard InChI is InChI=1S/C36H27N2O/c1-22-20-28-26-14-7-11-19-34(26)39-36(28)35(23(22)2)33-21-32(27-15-6-8-16-29(27)37(33)3)38-30-17-9-4-12-24(30)25-13-5-10-18-31(25)38/h4-21H,1-3H3/q+1. The molecule has 0 amide bonds. The minimum atomic E-state index is 0.921. The maximum Gasteiger partial charge on any atom is 0.218 e. The van der Waals surface area contributed by atoms with Crippen LogP contribution in [-0.4, -0.2) is 4.57 Å². The number of furan rings is 1. The zero-order valence-electron chi connectivity index (χ0n) is 22.2. The highest BCUT2D eigenvalue weighted by atomic mass is 16.3. The highest BCUT2D eigenvalue weighted by molar-refractivity contribution is 6.12. The topological polar surface area (TPSA) is 21.9 Å². The molecule has 5 aromatic carbocycles. The number of aromatic nitrogens is 2. The lowest BCUT2D eigenvalue weighted by atomic mass is 9.95. The van der Waals surface area contributed by atoms with Crippen molar-refractivity contribution in [3.05, 3.63) is 120 Å². The smallest absolute Gasteiger partial charge is 0.218 e. The number of aryl methyl sites for hydroxylation is 2. The van der Waals surface area contributed by atoms with Gasteiger partial charge in [-0.2, -0.15) is 4.57 Å². The van der Waals surface area contributed by atoms with Gasteiger partial charge in [0.2, 0.25) is 11.2 Å². The Morgan fingerprint density at radius 2 is 1.21 bits per heavy atom. The normalized spacial score (nSPS) is 12.0. The molecule has 8 aromatic rings. The summed E-state index contributed by atoms with van der Waals surface area (Å²) in [5, 5.41) is 6.05. The Bertz CT molecular complexity index is 2210. The number of nitrogens with zero attached hydrogens (tertiary/aromatic N) is 2. The molecule has 3 aromatic heterocycles. The second-order valence-corrected chi connectivity index (χ2v) is 10.5. The minimum absolute atomic E-state index is 0.921. The van der Waals surface area contributed by atoms with Crippen LogP contribution >= 0.6 is 0 Å². The van der Waals surface area contributed by atoms with Gasteiger partial charge in [-0.3, -0.25) is 0 Å². The van der Waals surface area contributed by atoms with Gasteiger partial charge >= 0.3 is 0 Å². The molecule has 0 aliphatic carbocycles. The third kappa shape index (κ3) is 3.01. The van der Waals surface area contributed by atoms with E-state index < -0.39 is 0 Å². The predicted octanol–water partition coefficient (Wildman–Crippen LogP) is 8.94. The van der Waals surface area contributed by atoms with Crippen LogP contribution in [0.4, 0.5) is 0 Å². The van der Waals surface area contributed by atoms with E-state index in [1.165, 1.54) is 49.5 Å². The van der Waals surface area contributed by atoms with Crippen molar-refractivity contribution in [2.45, 2.75) is 13.8 Å². The third-order valence-electron chi connectivity index (χ3n) is 8.44. The molecule has 0 unspecified atom stereocenters. The molecule has 8 rings (SSSR count). The largest absolute Gasteiger partial charge is 0.455 e. The van der Waals surface area contributed by atoms with Gasteiger partial charge < -0.3 is 8.98 Å². The van der Waals surface area contributed by atoms with Gasteiger partial charge in [-0.25, -0.2) is 0 Å². The molecular weight excluding hydrogens is 476 g/mol. The molecule has 0 N–H and O–H groups in total. The van der Waals surface area contributed by atoms with Crippen LogP contribution in [0.25, 0.3) is 71.6 Å². The number of rotatable bonds is 2. The van der Waals surface area contributed by atoms with Crippen molar-refractivity contribution >= 4 is 54.6 Å². The number of para-hydroxylation sites is 4. The van der Waals surface area contributed by atoms with Crippen molar-refractivity contribution in [3.63, 3.8) is 0 Å². The molecular formula is C36H27N2O+. The van der Waals surface area contributed by atoms with E-state index in [0.29, 0.717) is 0 Å². The van der Waals surface area contributed by atoms with E-state index in [1.54, 1.807) is 0 Å². The molecule has 0 saturated carbocycles. The molecule has 0 aliphatic heterocycles.